The van der Waals surface area contributed by atoms with Gasteiger partial charge in [-0.25, -0.2) is 14.8 Å². The highest BCUT2D eigenvalue weighted by molar-refractivity contribution is 7.10. The third-order valence-corrected chi connectivity index (χ3v) is 6.26. The van der Waals surface area contributed by atoms with Gasteiger partial charge >= 0.3 is 5.97 Å². The van der Waals surface area contributed by atoms with Crippen LogP contribution in [0.1, 0.15) is 57.9 Å². The van der Waals surface area contributed by atoms with Crippen LogP contribution in [0.2, 0.25) is 0 Å². The lowest BCUT2D eigenvalue weighted by atomic mass is 10.0. The molecule has 5 nitrogen and oxygen atoms in total. The minimum absolute atomic E-state index is 0.125. The summed E-state index contributed by atoms with van der Waals surface area (Å²) in [6.07, 6.45) is 1.79. The third kappa shape index (κ3) is 5.10. The zero-order chi connectivity index (χ0) is 22.5. The molecule has 0 aliphatic carbocycles. The maximum Gasteiger partial charge on any atom is 0.335 e. The molecule has 0 saturated heterocycles. The molecule has 6 heteroatoms. The summed E-state index contributed by atoms with van der Waals surface area (Å²) in [7, 11) is 0. The van der Waals surface area contributed by atoms with E-state index in [1.54, 1.807) is 35.7 Å². The Labute approximate surface area is 191 Å². The Hall–Kier alpha value is -3.35. The topological polar surface area (TPSA) is 75.1 Å². The van der Waals surface area contributed by atoms with Crippen molar-refractivity contribution in [2.75, 3.05) is 0 Å². The second kappa shape index (κ2) is 9.85. The Kier molecular flexibility index (Phi) is 6.73. The molecule has 0 bridgehead atoms. The van der Waals surface area contributed by atoms with E-state index in [1.165, 1.54) is 5.56 Å². The van der Waals surface area contributed by atoms with Gasteiger partial charge in [0.25, 0.3) is 0 Å². The molecule has 1 atom stereocenters. The van der Waals surface area contributed by atoms with E-state index in [2.05, 4.69) is 54.5 Å². The molecule has 2 N–H and O–H groups in total. The average Bonchev–Trinajstić information content (AvgIpc) is 3.34. The van der Waals surface area contributed by atoms with Crippen molar-refractivity contribution in [3.8, 4) is 11.4 Å². The van der Waals surface area contributed by atoms with Crippen LogP contribution in [-0.2, 0) is 6.54 Å². The number of aromatic carboxylic acids is 1. The minimum Gasteiger partial charge on any atom is -0.478 e. The first-order valence-corrected chi connectivity index (χ1v) is 11.4. The lowest BCUT2D eigenvalue weighted by Crippen LogP contribution is -2.22. The van der Waals surface area contributed by atoms with Crippen LogP contribution in [0, 0.1) is 0 Å². The Morgan fingerprint density at radius 1 is 1.06 bits per heavy atom. The maximum atomic E-state index is 11.3. The lowest BCUT2D eigenvalue weighted by molar-refractivity contribution is 0.0696. The van der Waals surface area contributed by atoms with Crippen molar-refractivity contribution in [2.45, 2.75) is 32.4 Å². The van der Waals surface area contributed by atoms with Crippen molar-refractivity contribution in [3.63, 3.8) is 0 Å². The van der Waals surface area contributed by atoms with Gasteiger partial charge in [-0.15, -0.1) is 11.3 Å². The first-order valence-electron chi connectivity index (χ1n) is 10.5. The molecule has 0 aliphatic rings. The molecule has 2 aromatic carbocycles. The SMILES string of the molecule is CC(C)c1ccc(-c2nccc(C(NCc3cccc(C(=O)O)c3)c3cccs3)n2)cc1. The molecule has 32 heavy (non-hydrogen) atoms. The molecule has 2 heterocycles. The van der Waals surface area contributed by atoms with Crippen LogP contribution in [0.3, 0.4) is 0 Å². The third-order valence-electron chi connectivity index (χ3n) is 5.32. The van der Waals surface area contributed by atoms with Gasteiger partial charge in [0.1, 0.15) is 0 Å². The first kappa shape index (κ1) is 21.9. The summed E-state index contributed by atoms with van der Waals surface area (Å²) in [5.41, 5.74) is 4.33. The van der Waals surface area contributed by atoms with E-state index < -0.39 is 5.97 Å². The monoisotopic (exact) mass is 443 g/mol. The minimum atomic E-state index is -0.925. The van der Waals surface area contributed by atoms with Gasteiger partial charge in [-0.05, 0) is 46.7 Å². The fourth-order valence-corrected chi connectivity index (χ4v) is 4.34. The first-order chi connectivity index (χ1) is 15.5. The number of hydrogen-bond acceptors (Lipinski definition) is 5. The van der Waals surface area contributed by atoms with Crippen LogP contribution in [-0.4, -0.2) is 21.0 Å². The number of aromatic nitrogens is 2. The van der Waals surface area contributed by atoms with E-state index in [9.17, 15) is 9.90 Å². The van der Waals surface area contributed by atoms with Crippen LogP contribution in [0.4, 0.5) is 0 Å². The van der Waals surface area contributed by atoms with E-state index in [1.807, 2.05) is 23.6 Å². The second-order valence-electron chi connectivity index (χ2n) is 7.92. The van der Waals surface area contributed by atoms with Crippen LogP contribution < -0.4 is 5.32 Å². The van der Waals surface area contributed by atoms with E-state index >= 15 is 0 Å². The summed E-state index contributed by atoms with van der Waals surface area (Å²) in [6.45, 7) is 4.87. The molecular formula is C26H25N3O2S. The number of carbonyl (C=O) groups is 1. The molecule has 0 radical (unpaired) electrons. The highest BCUT2D eigenvalue weighted by Gasteiger charge is 2.18. The van der Waals surface area contributed by atoms with Gasteiger partial charge in [0.15, 0.2) is 5.82 Å². The molecule has 1 unspecified atom stereocenters. The largest absolute Gasteiger partial charge is 0.478 e. The van der Waals surface area contributed by atoms with Crippen LogP contribution in [0.25, 0.3) is 11.4 Å². The van der Waals surface area contributed by atoms with Crippen molar-refractivity contribution in [2.24, 2.45) is 0 Å². The van der Waals surface area contributed by atoms with Crippen molar-refractivity contribution < 1.29 is 9.90 Å². The quantitative estimate of drug-likeness (QED) is 0.354. The Bertz CT molecular complexity index is 1190. The Morgan fingerprint density at radius 2 is 1.88 bits per heavy atom. The predicted molar refractivity (Wildman–Crippen MR) is 128 cm³/mol. The van der Waals surface area contributed by atoms with E-state index in [-0.39, 0.29) is 11.6 Å². The molecule has 0 fully saturated rings. The lowest BCUT2D eigenvalue weighted by Gasteiger charge is -2.18. The highest BCUT2D eigenvalue weighted by atomic mass is 32.1. The van der Waals surface area contributed by atoms with Crippen molar-refractivity contribution >= 4 is 17.3 Å². The molecule has 0 saturated carbocycles. The summed E-state index contributed by atoms with van der Waals surface area (Å²) in [5.74, 6) is 0.239. The molecule has 162 valence electrons. The molecule has 0 spiro atoms. The molecule has 2 aromatic heterocycles. The smallest absolute Gasteiger partial charge is 0.335 e. The standard InChI is InChI=1S/C26H25N3O2S/c1-17(2)19-8-10-20(11-9-19)25-27-13-12-22(29-25)24(23-7-4-14-32-23)28-16-18-5-3-6-21(15-18)26(30)31/h3-15,17,24,28H,16H2,1-2H3,(H,30,31). The van der Waals surface area contributed by atoms with Gasteiger partial charge in [0.2, 0.25) is 0 Å². The van der Waals surface area contributed by atoms with Crippen LogP contribution in [0.5, 0.6) is 0 Å². The number of benzene rings is 2. The molecular weight excluding hydrogens is 418 g/mol. The molecule has 4 aromatic rings. The summed E-state index contributed by atoms with van der Waals surface area (Å²) in [6, 6.07) is 21.3. The molecule has 4 rings (SSSR count). The maximum absolute atomic E-state index is 11.3. The number of thiophene rings is 1. The fourth-order valence-electron chi connectivity index (χ4n) is 3.53. The number of rotatable bonds is 8. The number of carboxylic acids is 1. The zero-order valence-corrected chi connectivity index (χ0v) is 18.8. The van der Waals surface area contributed by atoms with E-state index in [0.29, 0.717) is 18.3 Å². The van der Waals surface area contributed by atoms with Crippen LogP contribution >= 0.6 is 11.3 Å². The average molecular weight is 444 g/mol. The van der Waals surface area contributed by atoms with Gasteiger partial charge in [0, 0.05) is 23.2 Å². The fraction of sp³-hybridized carbons (Fsp3) is 0.192. The van der Waals surface area contributed by atoms with Gasteiger partial charge in [-0.1, -0.05) is 56.3 Å². The summed E-state index contributed by atoms with van der Waals surface area (Å²) < 4.78 is 0. The second-order valence-corrected chi connectivity index (χ2v) is 8.90. The van der Waals surface area contributed by atoms with Gasteiger partial charge in [-0.2, -0.15) is 0 Å². The zero-order valence-electron chi connectivity index (χ0n) is 18.0. The Balaban J connectivity index is 1.61. The molecule has 0 aliphatic heterocycles. The van der Waals surface area contributed by atoms with Crippen molar-refractivity contribution in [1.82, 2.24) is 15.3 Å². The predicted octanol–water partition coefficient (Wildman–Crippen LogP) is 5.91. The van der Waals surface area contributed by atoms with Crippen molar-refractivity contribution in [3.05, 3.63) is 106 Å². The highest BCUT2D eigenvalue weighted by Crippen LogP contribution is 2.27. The van der Waals surface area contributed by atoms with Gasteiger partial charge < -0.3 is 10.4 Å². The Morgan fingerprint density at radius 3 is 2.56 bits per heavy atom. The summed E-state index contributed by atoms with van der Waals surface area (Å²) in [4.78, 5) is 21.8. The van der Waals surface area contributed by atoms with Crippen LogP contribution in [0.15, 0.2) is 78.3 Å². The summed E-state index contributed by atoms with van der Waals surface area (Å²) >= 11 is 1.66. The number of carboxylic acid groups (broad SMARTS) is 1. The number of nitrogens with one attached hydrogen (secondary N) is 1. The van der Waals surface area contributed by atoms with Crippen molar-refractivity contribution in [1.29, 1.82) is 0 Å². The summed E-state index contributed by atoms with van der Waals surface area (Å²) in [5, 5.41) is 14.9. The number of nitrogens with zero attached hydrogens (tertiary/aromatic N) is 2. The molecule has 0 amide bonds. The van der Waals surface area contributed by atoms with Gasteiger partial charge in [-0.3, -0.25) is 0 Å². The normalized spacial score (nSPS) is 12.1. The number of hydrogen-bond donors (Lipinski definition) is 2. The van der Waals surface area contributed by atoms with E-state index in [4.69, 9.17) is 4.98 Å². The van der Waals surface area contributed by atoms with Gasteiger partial charge in [0.05, 0.1) is 17.3 Å². The van der Waals surface area contributed by atoms with E-state index in [0.717, 1.165) is 21.7 Å².